The van der Waals surface area contributed by atoms with E-state index in [2.05, 4.69) is 15.3 Å². The molecule has 0 aliphatic heterocycles. The molecule has 0 fully saturated rings. The highest BCUT2D eigenvalue weighted by Crippen LogP contribution is 2.10. The van der Waals surface area contributed by atoms with Gasteiger partial charge in [0, 0.05) is 12.6 Å². The molecule has 0 saturated carbocycles. The molecule has 1 heterocycles. The highest BCUT2D eigenvalue weighted by molar-refractivity contribution is 6.13. The predicted octanol–water partition coefficient (Wildman–Crippen LogP) is 1.00. The van der Waals surface area contributed by atoms with Gasteiger partial charge in [0.05, 0.1) is 6.33 Å². The van der Waals surface area contributed by atoms with Crippen LogP contribution in [0.2, 0.25) is 0 Å². The van der Waals surface area contributed by atoms with Gasteiger partial charge in [0.15, 0.2) is 0 Å². The van der Waals surface area contributed by atoms with Crippen molar-refractivity contribution in [3.63, 3.8) is 0 Å². The fourth-order valence-corrected chi connectivity index (χ4v) is 1.49. The summed E-state index contributed by atoms with van der Waals surface area (Å²) in [5.41, 5.74) is 0.821. The van der Waals surface area contributed by atoms with E-state index in [1.165, 1.54) is 13.4 Å². The Kier molecular flexibility index (Phi) is 3.00. The van der Waals surface area contributed by atoms with Crippen LogP contribution in [0.15, 0.2) is 36.7 Å². The van der Waals surface area contributed by atoms with Crippen molar-refractivity contribution in [1.29, 1.82) is 0 Å². The van der Waals surface area contributed by atoms with Crippen molar-refractivity contribution in [3.05, 3.63) is 53.6 Å². The molecule has 0 aliphatic rings. The van der Waals surface area contributed by atoms with Gasteiger partial charge in [0.1, 0.15) is 11.4 Å². The van der Waals surface area contributed by atoms with Crippen molar-refractivity contribution in [2.24, 2.45) is 0 Å². The molecular weight excluding hydrogens is 218 g/mol. The third-order valence-electron chi connectivity index (χ3n) is 2.34. The lowest BCUT2D eigenvalue weighted by Crippen LogP contribution is -2.21. The van der Waals surface area contributed by atoms with Gasteiger partial charge in [-0.15, -0.1) is 0 Å². The standard InChI is InChI=1S/C12H11N3O2/c1-13-12(17)10-9(14-7-15-10)11(16)8-5-3-2-4-6-8/h2-7H,1H3,(H,13,17)(H,14,15). The molecule has 86 valence electrons. The summed E-state index contributed by atoms with van der Waals surface area (Å²) in [6, 6.07) is 8.72. The Morgan fingerprint density at radius 1 is 1.24 bits per heavy atom. The fraction of sp³-hybridized carbons (Fsp3) is 0.0833. The number of carbonyl (C=O) groups is 2. The van der Waals surface area contributed by atoms with Gasteiger partial charge in [-0.3, -0.25) is 9.59 Å². The Morgan fingerprint density at radius 3 is 2.59 bits per heavy atom. The minimum Gasteiger partial charge on any atom is -0.354 e. The van der Waals surface area contributed by atoms with E-state index >= 15 is 0 Å². The zero-order valence-corrected chi connectivity index (χ0v) is 9.23. The number of nitrogens with one attached hydrogen (secondary N) is 2. The maximum atomic E-state index is 12.1. The van der Waals surface area contributed by atoms with E-state index in [1.807, 2.05) is 6.07 Å². The van der Waals surface area contributed by atoms with Crippen LogP contribution >= 0.6 is 0 Å². The minimum absolute atomic E-state index is 0.135. The first-order valence-corrected chi connectivity index (χ1v) is 5.09. The molecule has 17 heavy (non-hydrogen) atoms. The summed E-state index contributed by atoms with van der Waals surface area (Å²) < 4.78 is 0. The summed E-state index contributed by atoms with van der Waals surface area (Å²) in [7, 11) is 1.50. The van der Waals surface area contributed by atoms with Crippen molar-refractivity contribution in [2.75, 3.05) is 7.05 Å². The molecule has 2 N–H and O–H groups in total. The molecule has 5 nitrogen and oxygen atoms in total. The molecule has 0 saturated heterocycles. The molecule has 0 spiro atoms. The van der Waals surface area contributed by atoms with Crippen LogP contribution in [0, 0.1) is 0 Å². The van der Waals surface area contributed by atoms with Gasteiger partial charge < -0.3 is 10.3 Å². The number of ketones is 1. The molecule has 0 aliphatic carbocycles. The van der Waals surface area contributed by atoms with Crippen LogP contribution < -0.4 is 5.32 Å². The van der Waals surface area contributed by atoms with Gasteiger partial charge in [-0.2, -0.15) is 0 Å². The van der Waals surface area contributed by atoms with Crippen molar-refractivity contribution in [3.8, 4) is 0 Å². The second-order valence-electron chi connectivity index (χ2n) is 3.40. The summed E-state index contributed by atoms with van der Waals surface area (Å²) in [4.78, 5) is 30.1. The Hall–Kier alpha value is -2.43. The Morgan fingerprint density at radius 2 is 1.94 bits per heavy atom. The number of benzene rings is 1. The lowest BCUT2D eigenvalue weighted by molar-refractivity contribution is 0.0945. The van der Waals surface area contributed by atoms with Crippen LogP contribution in [-0.2, 0) is 0 Å². The quantitative estimate of drug-likeness (QED) is 0.771. The third kappa shape index (κ3) is 2.08. The zero-order chi connectivity index (χ0) is 12.3. The van der Waals surface area contributed by atoms with E-state index in [4.69, 9.17) is 0 Å². The van der Waals surface area contributed by atoms with Crippen molar-refractivity contribution < 1.29 is 9.59 Å². The van der Waals surface area contributed by atoms with E-state index in [0.717, 1.165) is 0 Å². The van der Waals surface area contributed by atoms with Gasteiger partial charge in [-0.25, -0.2) is 4.98 Å². The maximum Gasteiger partial charge on any atom is 0.269 e. The third-order valence-corrected chi connectivity index (χ3v) is 2.34. The number of nitrogens with zero attached hydrogens (tertiary/aromatic N) is 1. The first-order chi connectivity index (χ1) is 8.24. The van der Waals surface area contributed by atoms with E-state index in [1.54, 1.807) is 24.3 Å². The Bertz CT molecular complexity index is 546. The van der Waals surface area contributed by atoms with Gasteiger partial charge in [-0.1, -0.05) is 30.3 Å². The average molecular weight is 229 g/mol. The molecule has 1 amide bonds. The van der Waals surface area contributed by atoms with Crippen LogP contribution in [0.3, 0.4) is 0 Å². The molecule has 0 radical (unpaired) electrons. The summed E-state index contributed by atoms with van der Waals surface area (Å²) in [5.74, 6) is -0.632. The molecule has 2 rings (SSSR count). The number of hydrogen-bond acceptors (Lipinski definition) is 3. The summed E-state index contributed by atoms with van der Waals surface area (Å²) >= 11 is 0. The number of hydrogen-bond donors (Lipinski definition) is 2. The predicted molar refractivity (Wildman–Crippen MR) is 61.9 cm³/mol. The summed E-state index contributed by atoms with van der Waals surface area (Å²) in [5, 5.41) is 2.45. The first-order valence-electron chi connectivity index (χ1n) is 5.09. The SMILES string of the molecule is CNC(=O)c1[nH]cnc1C(=O)c1ccccc1. The van der Waals surface area contributed by atoms with Crippen LogP contribution in [-0.4, -0.2) is 28.7 Å². The lowest BCUT2D eigenvalue weighted by atomic mass is 10.1. The van der Waals surface area contributed by atoms with E-state index in [0.29, 0.717) is 5.56 Å². The molecule has 1 aromatic carbocycles. The van der Waals surface area contributed by atoms with Gasteiger partial charge in [0.25, 0.3) is 5.91 Å². The molecule has 0 unspecified atom stereocenters. The number of H-pyrrole nitrogens is 1. The first kappa shape index (κ1) is 11.1. The number of aromatic amines is 1. The molecule has 2 aromatic rings. The van der Waals surface area contributed by atoms with Gasteiger partial charge in [0.2, 0.25) is 5.78 Å². The van der Waals surface area contributed by atoms with Crippen LogP contribution in [0.1, 0.15) is 26.5 Å². The fourth-order valence-electron chi connectivity index (χ4n) is 1.49. The lowest BCUT2D eigenvalue weighted by Gasteiger charge is -2.00. The van der Waals surface area contributed by atoms with E-state index in [-0.39, 0.29) is 23.1 Å². The van der Waals surface area contributed by atoms with Crippen molar-refractivity contribution in [2.45, 2.75) is 0 Å². The number of rotatable bonds is 3. The summed E-state index contributed by atoms with van der Waals surface area (Å²) in [6.07, 6.45) is 1.33. The Balaban J connectivity index is 2.39. The topological polar surface area (TPSA) is 74.8 Å². The largest absolute Gasteiger partial charge is 0.354 e. The van der Waals surface area contributed by atoms with Crippen molar-refractivity contribution in [1.82, 2.24) is 15.3 Å². The highest BCUT2D eigenvalue weighted by atomic mass is 16.2. The smallest absolute Gasteiger partial charge is 0.269 e. The van der Waals surface area contributed by atoms with Crippen LogP contribution in [0.4, 0.5) is 0 Å². The molecule has 0 bridgehead atoms. The second-order valence-corrected chi connectivity index (χ2v) is 3.40. The van der Waals surface area contributed by atoms with Gasteiger partial charge >= 0.3 is 0 Å². The summed E-state index contributed by atoms with van der Waals surface area (Å²) in [6.45, 7) is 0. The monoisotopic (exact) mass is 229 g/mol. The van der Waals surface area contributed by atoms with E-state index in [9.17, 15) is 9.59 Å². The highest BCUT2D eigenvalue weighted by Gasteiger charge is 2.20. The Labute approximate surface area is 97.9 Å². The number of amides is 1. The molecule has 1 aromatic heterocycles. The normalized spacial score (nSPS) is 9.94. The molecule has 5 heteroatoms. The van der Waals surface area contributed by atoms with E-state index < -0.39 is 0 Å². The van der Waals surface area contributed by atoms with Crippen LogP contribution in [0.25, 0.3) is 0 Å². The maximum absolute atomic E-state index is 12.1. The average Bonchev–Trinajstić information content (AvgIpc) is 2.87. The minimum atomic E-state index is -0.359. The zero-order valence-electron chi connectivity index (χ0n) is 9.23. The van der Waals surface area contributed by atoms with Crippen molar-refractivity contribution >= 4 is 11.7 Å². The molecular formula is C12H11N3O2. The number of imidazole rings is 1. The number of aromatic nitrogens is 2. The number of carbonyl (C=O) groups excluding carboxylic acids is 2. The van der Waals surface area contributed by atoms with Gasteiger partial charge in [-0.05, 0) is 0 Å². The molecule has 0 atom stereocenters. The second kappa shape index (κ2) is 4.61. The van der Waals surface area contributed by atoms with Crippen LogP contribution in [0.5, 0.6) is 0 Å².